The minimum Gasteiger partial charge on any atom is -0.508 e. The van der Waals surface area contributed by atoms with Crippen molar-refractivity contribution in [2.24, 2.45) is 11.3 Å². The molecule has 4 aromatic rings. The molecule has 5 heterocycles. The van der Waals surface area contributed by atoms with Gasteiger partial charge in [0.2, 0.25) is 5.91 Å². The number of nitrogens with one attached hydrogen (secondary N) is 2. The van der Waals surface area contributed by atoms with E-state index in [4.69, 9.17) is 14.2 Å². The van der Waals surface area contributed by atoms with Gasteiger partial charge in [0.15, 0.2) is 13.5 Å². The summed E-state index contributed by atoms with van der Waals surface area (Å²) in [7, 11) is 5.03. The van der Waals surface area contributed by atoms with Gasteiger partial charge in [0.25, 0.3) is 5.91 Å². The highest BCUT2D eigenvalue weighted by molar-refractivity contribution is 5.96. The zero-order valence-electron chi connectivity index (χ0n) is 36.6. The Balaban J connectivity index is 1.34. The Morgan fingerprint density at radius 2 is 1.90 bits per heavy atom. The number of amides is 4. The van der Waals surface area contributed by atoms with Crippen LogP contribution in [0.3, 0.4) is 0 Å². The van der Waals surface area contributed by atoms with E-state index in [1.807, 2.05) is 38.2 Å². The number of likely N-dealkylation sites (N-methyl/N-ethyl adjacent to an activating group) is 1. The van der Waals surface area contributed by atoms with Gasteiger partial charge in [0.1, 0.15) is 23.9 Å². The second kappa shape index (κ2) is 17.6. The molecule has 3 aliphatic heterocycles. The van der Waals surface area contributed by atoms with Crippen LogP contribution in [-0.4, -0.2) is 119 Å². The van der Waals surface area contributed by atoms with Gasteiger partial charge >= 0.3 is 12.0 Å². The van der Waals surface area contributed by atoms with E-state index in [1.165, 1.54) is 9.91 Å². The van der Waals surface area contributed by atoms with Crippen LogP contribution >= 0.6 is 0 Å². The summed E-state index contributed by atoms with van der Waals surface area (Å²) in [6, 6.07) is 10.4. The predicted molar refractivity (Wildman–Crippen MR) is 229 cm³/mol. The van der Waals surface area contributed by atoms with E-state index in [2.05, 4.69) is 53.2 Å². The monoisotopic (exact) mass is 838 g/mol. The number of cyclic esters (lactones) is 1. The Bertz CT molecular complexity index is 2320. The quantitative estimate of drug-likeness (QED) is 0.156. The van der Waals surface area contributed by atoms with Crippen molar-refractivity contribution in [3.8, 4) is 28.1 Å². The van der Waals surface area contributed by atoms with Crippen LogP contribution in [0.2, 0.25) is 0 Å². The van der Waals surface area contributed by atoms with Gasteiger partial charge in [-0.05, 0) is 90.3 Å². The lowest BCUT2D eigenvalue weighted by Gasteiger charge is -2.42. The first-order valence-electron chi connectivity index (χ1n) is 21.2. The zero-order chi connectivity index (χ0) is 43.8. The smallest absolute Gasteiger partial charge is 0.423 e. The van der Waals surface area contributed by atoms with E-state index in [0.717, 1.165) is 44.4 Å². The third kappa shape index (κ3) is 8.87. The number of nitrogens with zero attached hydrogens (tertiary/aromatic N) is 5. The average Bonchev–Trinajstić information content (AvgIpc) is 3.52. The molecule has 3 aliphatic rings. The summed E-state index contributed by atoms with van der Waals surface area (Å²) in [5.74, 6) is -1.71. The first-order chi connectivity index (χ1) is 29.0. The molecule has 0 spiro atoms. The van der Waals surface area contributed by atoms with Gasteiger partial charge in [-0.25, -0.2) is 10.2 Å². The van der Waals surface area contributed by atoms with Crippen molar-refractivity contribution in [2.75, 3.05) is 47.8 Å². The summed E-state index contributed by atoms with van der Waals surface area (Å²) in [6.45, 7) is 11.9. The molecule has 3 atom stereocenters. The van der Waals surface area contributed by atoms with Crippen LogP contribution in [0.4, 0.5) is 4.79 Å². The molecule has 0 aliphatic carbocycles. The molecule has 2 saturated heterocycles. The number of carbonyl (C=O) groups is 4. The van der Waals surface area contributed by atoms with Crippen LogP contribution in [0.5, 0.6) is 5.75 Å². The van der Waals surface area contributed by atoms with Crippen LogP contribution in [0, 0.1) is 11.3 Å². The number of esters is 1. The number of methoxy groups -OCH3 is 1. The van der Waals surface area contributed by atoms with Crippen molar-refractivity contribution in [1.82, 2.24) is 30.2 Å². The molecule has 0 saturated carbocycles. The number of aryl methyl sites for hydroxylation is 1. The highest BCUT2D eigenvalue weighted by Crippen LogP contribution is 2.41. The molecule has 15 heteroatoms. The van der Waals surface area contributed by atoms with E-state index in [0.29, 0.717) is 44.5 Å². The largest absolute Gasteiger partial charge is 0.508 e. The number of benzene rings is 2. The van der Waals surface area contributed by atoms with Gasteiger partial charge < -0.3 is 24.5 Å². The number of hydrogen-bond acceptors (Lipinski definition) is 10. The molecule has 3 N–H and O–H groups in total. The van der Waals surface area contributed by atoms with Crippen molar-refractivity contribution in [2.45, 2.75) is 91.6 Å². The standard InChI is InChI=1S/C46H59N7O8/c1-9-51-39-13-12-30-21-34(39)35(41(51)36-23-47-15-14-31(36)24-59-8)22-46(4,5)25-61-44(57)37-11-10-16-52(49-37)43(56)38(19-29-17-32(30)20-33(54)18-29)48-42(55)40(28(2)3)50(6)45(58)53(7)26-60-27-53/h12-15,17-18,20-21,23,28,37-38,40,49H,9-11,16,19,22,24-27H2,1-8H3,(H-,48,54,55)/p+1/t37-,38-,40-/m0/s1. The van der Waals surface area contributed by atoms with Crippen LogP contribution in [0.1, 0.15) is 64.2 Å². The van der Waals surface area contributed by atoms with E-state index >= 15 is 0 Å². The molecule has 0 unspecified atom stereocenters. The average molecular weight is 839 g/mol. The van der Waals surface area contributed by atoms with E-state index in [9.17, 15) is 24.3 Å². The molecule has 7 rings (SSSR count). The SMILES string of the molecule is CCn1c(-c2cnccc2COC)c2c3cc(ccc31)-c1cc(O)cc(c1)C[C@H](NC(=O)[C@H](C(C)C)N(C)C(=O)[N+]1(C)COC1)C(=O)N1CCC[C@H](N1)C(=O)OCC(C)(C)C2. The molecule has 2 aromatic heterocycles. The van der Waals surface area contributed by atoms with E-state index in [1.54, 1.807) is 39.5 Å². The maximum atomic E-state index is 14.6. The zero-order valence-corrected chi connectivity index (χ0v) is 36.6. The highest BCUT2D eigenvalue weighted by atomic mass is 16.6. The number of urea groups is 1. The maximum Gasteiger partial charge on any atom is 0.423 e. The Morgan fingerprint density at radius 1 is 1.13 bits per heavy atom. The number of rotatable bonds is 8. The molecule has 4 amide bonds. The van der Waals surface area contributed by atoms with Crippen molar-refractivity contribution in [3.05, 3.63) is 71.5 Å². The van der Waals surface area contributed by atoms with Gasteiger partial charge in [0, 0.05) is 67.9 Å². The number of aromatic nitrogens is 2. The third-order valence-electron chi connectivity index (χ3n) is 12.1. The Kier molecular flexibility index (Phi) is 12.6. The number of pyridine rings is 1. The fourth-order valence-electron chi connectivity index (χ4n) is 9.09. The normalized spacial score (nSPS) is 20.7. The fourth-order valence-corrected chi connectivity index (χ4v) is 9.09. The van der Waals surface area contributed by atoms with Crippen LogP contribution in [0.25, 0.3) is 33.3 Å². The molecule has 6 bridgehead atoms. The van der Waals surface area contributed by atoms with Gasteiger partial charge in [-0.15, -0.1) is 0 Å². The van der Waals surface area contributed by atoms with E-state index < -0.39 is 41.3 Å². The molecular weight excluding hydrogens is 779 g/mol. The lowest BCUT2D eigenvalue weighted by molar-refractivity contribution is -0.942. The highest BCUT2D eigenvalue weighted by Gasteiger charge is 2.46. The second-order valence-corrected chi connectivity index (χ2v) is 18.1. The minimum atomic E-state index is -1.12. The van der Waals surface area contributed by atoms with Crippen molar-refractivity contribution in [1.29, 1.82) is 0 Å². The van der Waals surface area contributed by atoms with Crippen LogP contribution in [0.15, 0.2) is 54.9 Å². The number of hydrazine groups is 1. The number of aromatic hydroxyl groups is 1. The first kappa shape index (κ1) is 43.7. The second-order valence-electron chi connectivity index (χ2n) is 18.1. The van der Waals surface area contributed by atoms with Gasteiger partial charge in [-0.2, -0.15) is 4.48 Å². The number of ether oxygens (including phenoxy) is 3. The summed E-state index contributed by atoms with van der Waals surface area (Å²) in [5.41, 5.74) is 9.85. The molecule has 0 radical (unpaired) electrons. The Morgan fingerprint density at radius 3 is 2.59 bits per heavy atom. The lowest BCUT2D eigenvalue weighted by Crippen LogP contribution is -2.67. The van der Waals surface area contributed by atoms with Crippen molar-refractivity contribution >= 4 is 34.7 Å². The number of hydrogen-bond donors (Lipinski definition) is 3. The molecule has 15 nitrogen and oxygen atoms in total. The summed E-state index contributed by atoms with van der Waals surface area (Å²) in [4.78, 5) is 62.3. The van der Waals surface area contributed by atoms with Gasteiger partial charge in [-0.1, -0.05) is 39.8 Å². The number of phenolic OH excluding ortho intramolecular Hbond substituents is 1. The predicted octanol–water partition coefficient (Wildman–Crippen LogP) is 5.36. The Hall–Kier alpha value is -5.35. The van der Waals surface area contributed by atoms with Crippen LogP contribution in [-0.2, 0) is 54.6 Å². The molecule has 61 heavy (non-hydrogen) atoms. The summed E-state index contributed by atoms with van der Waals surface area (Å²) >= 11 is 0. The number of carbonyl (C=O) groups excluding carboxylic acids is 4. The molecule has 326 valence electrons. The van der Waals surface area contributed by atoms with Crippen molar-refractivity contribution in [3.63, 3.8) is 0 Å². The summed E-state index contributed by atoms with van der Waals surface area (Å²) in [5, 5.41) is 16.7. The fraction of sp³-hybridized carbons (Fsp3) is 0.500. The molecular formula is C46H60N7O8+. The maximum absolute atomic E-state index is 14.6. The summed E-state index contributed by atoms with van der Waals surface area (Å²) in [6.07, 6.45) is 5.21. The third-order valence-corrected chi connectivity index (χ3v) is 12.1. The minimum absolute atomic E-state index is 0.00385. The topological polar surface area (TPSA) is 165 Å². The number of fused-ring (bicyclic) bond motifs is 6. The number of phenols is 1. The van der Waals surface area contributed by atoms with Crippen LogP contribution < -0.4 is 10.7 Å². The van der Waals surface area contributed by atoms with Gasteiger partial charge in [-0.3, -0.25) is 34.0 Å². The van der Waals surface area contributed by atoms with Crippen molar-refractivity contribution < 1.29 is 43.0 Å². The first-order valence-corrected chi connectivity index (χ1v) is 21.2. The number of quaternary nitrogens is 1. The molecule has 2 fully saturated rings. The summed E-state index contributed by atoms with van der Waals surface area (Å²) < 4.78 is 19.3. The van der Waals surface area contributed by atoms with E-state index in [-0.39, 0.29) is 48.7 Å². The lowest BCUT2D eigenvalue weighted by atomic mass is 9.84. The Labute approximate surface area is 357 Å². The van der Waals surface area contributed by atoms with Gasteiger partial charge in [0.05, 0.1) is 26.0 Å². The molecule has 2 aromatic carbocycles.